The van der Waals surface area contributed by atoms with Gasteiger partial charge in [-0.15, -0.1) is 0 Å². The number of pyridine rings is 1. The minimum Gasteiger partial charge on any atom is -0.365 e. The lowest BCUT2D eigenvalue weighted by Gasteiger charge is -2.01. The second-order valence-corrected chi connectivity index (χ2v) is 5.97. The van der Waals surface area contributed by atoms with Crippen molar-refractivity contribution in [3.8, 4) is 11.3 Å². The predicted molar refractivity (Wildman–Crippen MR) is 86.6 cm³/mol. The van der Waals surface area contributed by atoms with Gasteiger partial charge in [0.2, 0.25) is 0 Å². The molecule has 1 N–H and O–H groups in total. The third kappa shape index (κ3) is 2.01. The standard InChI is InChI=1S/C15H12FN5S/c1-17-15-19-12-4-3-11(18-14(12)22-15)8-5-9-7-21(2)20-13(9)10(16)6-8/h3-7H,1-2H3,(H,17,19). The van der Waals surface area contributed by atoms with E-state index < -0.39 is 0 Å². The van der Waals surface area contributed by atoms with Gasteiger partial charge in [-0.3, -0.25) is 4.68 Å². The van der Waals surface area contributed by atoms with Crippen molar-refractivity contribution in [1.29, 1.82) is 0 Å². The number of hydrogen-bond donors (Lipinski definition) is 1. The lowest BCUT2D eigenvalue weighted by molar-refractivity contribution is 0.633. The molecule has 0 radical (unpaired) electrons. The molecule has 110 valence electrons. The summed E-state index contributed by atoms with van der Waals surface area (Å²) in [6, 6.07) is 7.14. The topological polar surface area (TPSA) is 55.6 Å². The third-order valence-corrected chi connectivity index (χ3v) is 4.42. The highest BCUT2D eigenvalue weighted by atomic mass is 32.1. The van der Waals surface area contributed by atoms with E-state index in [1.807, 2.05) is 25.2 Å². The Morgan fingerprint density at radius 2 is 2.09 bits per heavy atom. The Morgan fingerprint density at radius 1 is 1.23 bits per heavy atom. The maximum absolute atomic E-state index is 14.2. The van der Waals surface area contributed by atoms with Crippen molar-refractivity contribution in [3.05, 3.63) is 36.3 Å². The Morgan fingerprint density at radius 3 is 2.91 bits per heavy atom. The molecule has 0 bridgehead atoms. The summed E-state index contributed by atoms with van der Waals surface area (Å²) in [5.74, 6) is -0.338. The van der Waals surface area contributed by atoms with Crippen LogP contribution in [0.1, 0.15) is 0 Å². The fourth-order valence-corrected chi connectivity index (χ4v) is 3.24. The minimum atomic E-state index is -0.338. The van der Waals surface area contributed by atoms with E-state index in [1.54, 1.807) is 17.9 Å². The van der Waals surface area contributed by atoms with Crippen LogP contribution < -0.4 is 5.32 Å². The summed E-state index contributed by atoms with van der Waals surface area (Å²) < 4.78 is 15.8. The quantitative estimate of drug-likeness (QED) is 0.616. The molecule has 0 aliphatic heterocycles. The second kappa shape index (κ2) is 4.74. The van der Waals surface area contributed by atoms with Crippen LogP contribution in [0.3, 0.4) is 0 Å². The number of anilines is 1. The first-order valence-electron chi connectivity index (χ1n) is 6.72. The molecule has 22 heavy (non-hydrogen) atoms. The zero-order valence-electron chi connectivity index (χ0n) is 12.0. The highest BCUT2D eigenvalue weighted by molar-refractivity contribution is 7.21. The Kier molecular flexibility index (Phi) is 2.83. The van der Waals surface area contributed by atoms with Crippen molar-refractivity contribution in [2.45, 2.75) is 0 Å². The first kappa shape index (κ1) is 13.1. The number of hydrogen-bond acceptors (Lipinski definition) is 5. The molecule has 4 rings (SSSR count). The van der Waals surface area contributed by atoms with Gasteiger partial charge in [-0.1, -0.05) is 11.3 Å². The number of thiazole rings is 1. The highest BCUT2D eigenvalue weighted by Gasteiger charge is 2.11. The fraction of sp³-hybridized carbons (Fsp3) is 0.133. The first-order chi connectivity index (χ1) is 10.6. The highest BCUT2D eigenvalue weighted by Crippen LogP contribution is 2.29. The van der Waals surface area contributed by atoms with Crippen LogP contribution in [-0.2, 0) is 7.05 Å². The molecule has 0 aliphatic rings. The number of halogens is 1. The van der Waals surface area contributed by atoms with Crippen LogP contribution in [-0.4, -0.2) is 26.8 Å². The lowest BCUT2D eigenvalue weighted by atomic mass is 10.1. The summed E-state index contributed by atoms with van der Waals surface area (Å²) in [7, 11) is 3.60. The predicted octanol–water partition coefficient (Wildman–Crippen LogP) is 3.43. The van der Waals surface area contributed by atoms with E-state index in [9.17, 15) is 4.39 Å². The SMILES string of the molecule is CNc1nc2ccc(-c3cc(F)c4nn(C)cc4c3)nc2s1. The van der Waals surface area contributed by atoms with Gasteiger partial charge in [-0.2, -0.15) is 5.10 Å². The Labute approximate surface area is 129 Å². The van der Waals surface area contributed by atoms with Crippen LogP contribution in [0.25, 0.3) is 32.5 Å². The zero-order chi connectivity index (χ0) is 15.3. The number of aromatic nitrogens is 4. The number of nitrogens with one attached hydrogen (secondary N) is 1. The molecular weight excluding hydrogens is 301 g/mol. The van der Waals surface area contributed by atoms with E-state index in [1.165, 1.54) is 17.4 Å². The Bertz CT molecular complexity index is 1000. The number of aryl methyl sites for hydroxylation is 1. The summed E-state index contributed by atoms with van der Waals surface area (Å²) in [4.78, 5) is 9.81. The van der Waals surface area contributed by atoms with Crippen LogP contribution in [0.5, 0.6) is 0 Å². The zero-order valence-corrected chi connectivity index (χ0v) is 12.8. The fourth-order valence-electron chi connectivity index (χ4n) is 2.44. The molecule has 1 aromatic carbocycles. The van der Waals surface area contributed by atoms with Gasteiger partial charge in [0.1, 0.15) is 15.9 Å². The van der Waals surface area contributed by atoms with Crippen LogP contribution in [0.2, 0.25) is 0 Å². The van der Waals surface area contributed by atoms with Crippen LogP contribution in [0, 0.1) is 5.82 Å². The van der Waals surface area contributed by atoms with Gasteiger partial charge < -0.3 is 5.32 Å². The van der Waals surface area contributed by atoms with Gasteiger partial charge in [0.15, 0.2) is 10.9 Å². The maximum Gasteiger partial charge on any atom is 0.185 e. The van der Waals surface area contributed by atoms with Crippen LogP contribution in [0.4, 0.5) is 9.52 Å². The van der Waals surface area contributed by atoms with Crippen molar-refractivity contribution in [2.24, 2.45) is 7.05 Å². The summed E-state index contributed by atoms with van der Waals surface area (Å²) in [6.07, 6.45) is 1.80. The largest absolute Gasteiger partial charge is 0.365 e. The molecule has 0 amide bonds. The van der Waals surface area contributed by atoms with Crippen molar-refractivity contribution in [2.75, 3.05) is 12.4 Å². The molecule has 0 spiro atoms. The van der Waals surface area contributed by atoms with Crippen molar-refractivity contribution in [1.82, 2.24) is 19.7 Å². The van der Waals surface area contributed by atoms with Crippen molar-refractivity contribution >= 4 is 37.7 Å². The number of nitrogens with zero attached hydrogens (tertiary/aromatic N) is 4. The van der Waals surface area contributed by atoms with Crippen LogP contribution >= 0.6 is 11.3 Å². The summed E-state index contributed by atoms with van der Waals surface area (Å²) in [5.41, 5.74) is 2.67. The monoisotopic (exact) mass is 313 g/mol. The molecular formula is C15H12FN5S. The Hall–Kier alpha value is -2.54. The average molecular weight is 313 g/mol. The number of benzene rings is 1. The number of rotatable bonds is 2. The Balaban J connectivity index is 1.90. The van der Waals surface area contributed by atoms with Gasteiger partial charge in [0.05, 0.1) is 5.69 Å². The normalized spacial score (nSPS) is 11.4. The second-order valence-electron chi connectivity index (χ2n) is 4.99. The minimum absolute atomic E-state index is 0.338. The van der Waals surface area contributed by atoms with Gasteiger partial charge in [-0.25, -0.2) is 14.4 Å². The van der Waals surface area contributed by atoms with E-state index in [-0.39, 0.29) is 5.82 Å². The number of fused-ring (bicyclic) bond motifs is 2. The molecule has 7 heteroatoms. The van der Waals surface area contributed by atoms with Crippen LogP contribution in [0.15, 0.2) is 30.5 Å². The summed E-state index contributed by atoms with van der Waals surface area (Å²) >= 11 is 1.47. The molecule has 0 unspecified atom stereocenters. The van der Waals surface area contributed by atoms with Crippen molar-refractivity contribution in [3.63, 3.8) is 0 Å². The average Bonchev–Trinajstić information content (AvgIpc) is 3.08. The molecule has 0 fully saturated rings. The van der Waals surface area contributed by atoms with E-state index in [4.69, 9.17) is 0 Å². The molecule has 3 heterocycles. The third-order valence-electron chi connectivity index (χ3n) is 3.44. The molecule has 0 saturated carbocycles. The molecule has 0 aliphatic carbocycles. The smallest absolute Gasteiger partial charge is 0.185 e. The van der Waals surface area contributed by atoms with E-state index >= 15 is 0 Å². The molecule has 5 nitrogen and oxygen atoms in total. The van der Waals surface area contributed by atoms with Gasteiger partial charge >= 0.3 is 0 Å². The van der Waals surface area contributed by atoms with E-state index in [0.29, 0.717) is 5.52 Å². The molecule has 0 atom stereocenters. The molecule has 4 aromatic rings. The van der Waals surface area contributed by atoms with Gasteiger partial charge in [0.25, 0.3) is 0 Å². The van der Waals surface area contributed by atoms with E-state index in [2.05, 4.69) is 20.4 Å². The molecule has 0 saturated heterocycles. The van der Waals surface area contributed by atoms with Gasteiger partial charge in [-0.05, 0) is 24.3 Å². The van der Waals surface area contributed by atoms with Gasteiger partial charge in [0, 0.05) is 31.2 Å². The summed E-state index contributed by atoms with van der Waals surface area (Å²) in [6.45, 7) is 0. The van der Waals surface area contributed by atoms with E-state index in [0.717, 1.165) is 32.1 Å². The first-order valence-corrected chi connectivity index (χ1v) is 7.54. The molecule has 3 aromatic heterocycles. The maximum atomic E-state index is 14.2. The lowest BCUT2D eigenvalue weighted by Crippen LogP contribution is -1.88. The van der Waals surface area contributed by atoms with Crippen molar-refractivity contribution < 1.29 is 4.39 Å². The summed E-state index contributed by atoms with van der Waals surface area (Å²) in [5, 5.41) is 8.70.